The fourth-order valence-electron chi connectivity index (χ4n) is 2.51. The molecule has 1 fully saturated rings. The summed E-state index contributed by atoms with van der Waals surface area (Å²) in [5.74, 6) is -3.63. The Bertz CT molecular complexity index is 598. The largest absolute Gasteiger partial charge is 2.00 e. The van der Waals surface area contributed by atoms with E-state index in [1.165, 1.54) is 0 Å². The van der Waals surface area contributed by atoms with Gasteiger partial charge in [0.25, 0.3) is 5.69 Å². The van der Waals surface area contributed by atoms with E-state index in [2.05, 4.69) is 11.0 Å². The fraction of sp³-hybridized carbons (Fsp3) is 0.429. The first-order valence-electron chi connectivity index (χ1n) is 7.32. The molecule has 0 radical (unpaired) electrons. The van der Waals surface area contributed by atoms with Crippen LogP contribution in [-0.4, -0.2) is 39.4 Å². The predicted molar refractivity (Wildman–Crippen MR) is 77.6 cm³/mol. The number of nitro groups is 1. The van der Waals surface area contributed by atoms with Crippen molar-refractivity contribution in [1.29, 1.82) is 0 Å². The standard InChI is InChI=1S/C8H5NO6.C6H14N2O2.Pt/c10-7(11)4-2-1-3-5(8(12)13)6(4)9(14)15;9-7-5-3-1-2-4-6(5)8-10;/h1-3H,(H,10,11)(H,12,13);5-10H,1-4H2;/q;;+2/p-2. The Kier molecular flexibility index (Phi) is 10.8. The van der Waals surface area contributed by atoms with Crippen molar-refractivity contribution in [1.82, 2.24) is 11.0 Å². The number of carboxylic acids is 2. The van der Waals surface area contributed by atoms with Crippen LogP contribution in [0.15, 0.2) is 18.2 Å². The van der Waals surface area contributed by atoms with E-state index in [1.807, 2.05) is 0 Å². The van der Waals surface area contributed by atoms with Gasteiger partial charge in [-0.3, -0.25) is 10.1 Å². The molecule has 1 aliphatic carbocycles. The molecule has 4 N–H and O–H groups in total. The number of para-hydroxylation sites is 1. The summed E-state index contributed by atoms with van der Waals surface area (Å²) in [5.41, 5.74) is 1.75. The topological polar surface area (TPSA) is 188 Å². The van der Waals surface area contributed by atoms with Crippen molar-refractivity contribution in [3.63, 3.8) is 0 Å². The van der Waals surface area contributed by atoms with Gasteiger partial charge in [0.05, 0.1) is 28.0 Å². The molecule has 0 heterocycles. The van der Waals surface area contributed by atoms with Gasteiger partial charge in [0.2, 0.25) is 0 Å². The zero-order valence-corrected chi connectivity index (χ0v) is 15.6. The SMILES string of the molecule is O=C([O-])c1cccc(C(=O)[O-])c1[N+](=O)[O-].ONC1CCCCC1NO.[Pt+2]. The minimum absolute atomic E-state index is 0. The first kappa shape index (κ1) is 24.1. The van der Waals surface area contributed by atoms with Crippen molar-refractivity contribution < 1.29 is 56.2 Å². The molecular weight excluding hydrogens is 533 g/mol. The second kappa shape index (κ2) is 11.7. The third-order valence-corrected chi connectivity index (χ3v) is 3.76. The minimum Gasteiger partial charge on any atom is -0.545 e. The molecule has 11 nitrogen and oxygen atoms in total. The molecule has 1 aliphatic rings. The van der Waals surface area contributed by atoms with Crippen LogP contribution in [0.5, 0.6) is 0 Å². The molecule has 26 heavy (non-hydrogen) atoms. The Morgan fingerprint density at radius 2 is 1.38 bits per heavy atom. The van der Waals surface area contributed by atoms with Crippen LogP contribution in [0.4, 0.5) is 5.69 Å². The van der Waals surface area contributed by atoms with Crippen LogP contribution in [0.3, 0.4) is 0 Å². The van der Waals surface area contributed by atoms with Crippen LogP contribution in [0.2, 0.25) is 0 Å². The number of hydroxylamine groups is 2. The van der Waals surface area contributed by atoms with Gasteiger partial charge in [-0.25, -0.2) is 11.0 Å². The van der Waals surface area contributed by atoms with E-state index in [9.17, 15) is 29.9 Å². The van der Waals surface area contributed by atoms with Gasteiger partial charge < -0.3 is 30.2 Å². The molecule has 0 spiro atoms. The fourth-order valence-corrected chi connectivity index (χ4v) is 2.51. The molecule has 2 atom stereocenters. The molecular formula is C14H17N3O8Pt. The smallest absolute Gasteiger partial charge is 0.545 e. The maximum Gasteiger partial charge on any atom is 2.00 e. The Morgan fingerprint density at radius 3 is 1.65 bits per heavy atom. The minimum atomic E-state index is -1.82. The number of carbonyl (C=O) groups excluding carboxylic acids is 2. The normalized spacial score (nSPS) is 18.7. The zero-order chi connectivity index (χ0) is 19.0. The number of hydrogen-bond acceptors (Lipinski definition) is 10. The van der Waals surface area contributed by atoms with Crippen molar-refractivity contribution in [3.8, 4) is 0 Å². The molecule has 0 amide bonds. The van der Waals surface area contributed by atoms with Crippen LogP contribution in [0, 0.1) is 10.1 Å². The van der Waals surface area contributed by atoms with Gasteiger partial charge in [-0.1, -0.05) is 18.9 Å². The Hall–Kier alpha value is -1.91. The summed E-state index contributed by atoms with van der Waals surface area (Å²) in [6, 6.07) is 2.86. The molecule has 0 aliphatic heterocycles. The van der Waals surface area contributed by atoms with Gasteiger partial charge in [-0.15, -0.1) is 0 Å². The summed E-state index contributed by atoms with van der Waals surface area (Å²) >= 11 is 0. The number of rotatable bonds is 5. The summed E-state index contributed by atoms with van der Waals surface area (Å²) in [4.78, 5) is 30.3. The van der Waals surface area contributed by atoms with Crippen molar-refractivity contribution >= 4 is 17.6 Å². The second-order valence-corrected chi connectivity index (χ2v) is 5.29. The van der Waals surface area contributed by atoms with Crippen molar-refractivity contribution in [2.45, 2.75) is 37.8 Å². The van der Waals surface area contributed by atoms with E-state index in [-0.39, 0.29) is 33.1 Å². The summed E-state index contributed by atoms with van der Waals surface area (Å²) in [6.45, 7) is 0. The predicted octanol–water partition coefficient (Wildman–Crippen LogP) is -1.43. The average molecular weight is 550 g/mol. The van der Waals surface area contributed by atoms with E-state index in [1.54, 1.807) is 0 Å². The summed E-state index contributed by atoms with van der Waals surface area (Å²) < 4.78 is 0. The third-order valence-electron chi connectivity index (χ3n) is 3.76. The molecule has 0 aromatic heterocycles. The molecule has 1 aromatic carbocycles. The van der Waals surface area contributed by atoms with Gasteiger partial charge in [0.1, 0.15) is 0 Å². The number of benzene rings is 1. The van der Waals surface area contributed by atoms with Gasteiger partial charge >= 0.3 is 21.1 Å². The number of nitro benzene ring substituents is 1. The summed E-state index contributed by atoms with van der Waals surface area (Å²) in [5, 5.41) is 48.6. The van der Waals surface area contributed by atoms with Gasteiger partial charge in [0, 0.05) is 12.1 Å². The van der Waals surface area contributed by atoms with E-state index in [0.717, 1.165) is 43.9 Å². The number of aromatic carboxylic acids is 2. The quantitative estimate of drug-likeness (QED) is 0.250. The van der Waals surface area contributed by atoms with E-state index in [4.69, 9.17) is 10.4 Å². The average Bonchev–Trinajstić information content (AvgIpc) is 2.61. The molecule has 146 valence electrons. The summed E-state index contributed by atoms with van der Waals surface area (Å²) in [7, 11) is 0. The molecule has 1 saturated carbocycles. The van der Waals surface area contributed by atoms with Crippen LogP contribution in [-0.2, 0) is 21.1 Å². The Morgan fingerprint density at radius 1 is 1.00 bits per heavy atom. The van der Waals surface area contributed by atoms with E-state index < -0.39 is 33.7 Å². The van der Waals surface area contributed by atoms with Crippen LogP contribution >= 0.6 is 0 Å². The second-order valence-electron chi connectivity index (χ2n) is 5.29. The maximum absolute atomic E-state index is 10.5. The number of nitrogens with one attached hydrogen (secondary N) is 2. The summed E-state index contributed by atoms with van der Waals surface area (Å²) in [6.07, 6.45) is 4.09. The maximum atomic E-state index is 10.5. The molecule has 0 saturated heterocycles. The number of carbonyl (C=O) groups is 2. The number of carboxylic acid groups (broad SMARTS) is 2. The van der Waals surface area contributed by atoms with Gasteiger partial charge in [-0.2, -0.15) is 0 Å². The van der Waals surface area contributed by atoms with Crippen molar-refractivity contribution in [2.24, 2.45) is 0 Å². The molecule has 2 unspecified atom stereocenters. The molecule has 2 rings (SSSR count). The molecule has 1 aromatic rings. The van der Waals surface area contributed by atoms with Gasteiger partial charge in [0.15, 0.2) is 0 Å². The Labute approximate surface area is 162 Å². The third kappa shape index (κ3) is 6.43. The van der Waals surface area contributed by atoms with Crippen LogP contribution < -0.4 is 21.2 Å². The Balaban J connectivity index is 0.000000497. The first-order valence-corrected chi connectivity index (χ1v) is 7.32. The number of hydrogen-bond donors (Lipinski definition) is 4. The zero-order valence-electron chi connectivity index (χ0n) is 13.3. The molecule has 12 heteroatoms. The van der Waals surface area contributed by atoms with Gasteiger partial charge in [-0.05, 0) is 25.0 Å². The van der Waals surface area contributed by atoms with E-state index >= 15 is 0 Å². The monoisotopic (exact) mass is 550 g/mol. The van der Waals surface area contributed by atoms with Crippen LogP contribution in [0.1, 0.15) is 46.4 Å². The molecule has 0 bridgehead atoms. The van der Waals surface area contributed by atoms with E-state index in [0.29, 0.717) is 0 Å². The number of nitrogens with zero attached hydrogens (tertiary/aromatic N) is 1. The first-order chi connectivity index (χ1) is 11.8. The van der Waals surface area contributed by atoms with Crippen molar-refractivity contribution in [3.05, 3.63) is 39.4 Å². The van der Waals surface area contributed by atoms with Crippen molar-refractivity contribution in [2.75, 3.05) is 0 Å². The van der Waals surface area contributed by atoms with Crippen LogP contribution in [0.25, 0.3) is 0 Å².